The molecule has 50 heavy (non-hydrogen) atoms. The van der Waals surface area contributed by atoms with Crippen molar-refractivity contribution in [3.05, 3.63) is 71.8 Å². The Bertz CT molecular complexity index is 1340. The average molecular weight is 693 g/mol. The molecule has 0 aliphatic carbocycles. The van der Waals surface area contributed by atoms with Crippen molar-refractivity contribution in [1.29, 1.82) is 0 Å². The van der Waals surface area contributed by atoms with Crippen LogP contribution >= 0.6 is 0 Å². The van der Waals surface area contributed by atoms with E-state index in [4.69, 9.17) is 18.9 Å². The minimum absolute atomic E-state index is 0.264. The number of carbonyl (C=O) groups excluding carboxylic acids is 4. The van der Waals surface area contributed by atoms with E-state index >= 15 is 0 Å². The Labute approximate surface area is 295 Å². The first kappa shape index (κ1) is 36.8. The summed E-state index contributed by atoms with van der Waals surface area (Å²) in [5.41, 5.74) is 0.988. The van der Waals surface area contributed by atoms with Gasteiger partial charge >= 0.3 is 24.4 Å². The molecule has 0 unspecified atom stereocenters. The molecule has 2 aromatic rings. The maximum absolute atomic E-state index is 12.3. The van der Waals surface area contributed by atoms with Crippen molar-refractivity contribution in [1.82, 2.24) is 19.6 Å². The second kappa shape index (κ2) is 15.6. The molecular formula is C38H52N4O8. The monoisotopic (exact) mass is 692 g/mol. The number of hydrogen-bond donors (Lipinski definition) is 0. The van der Waals surface area contributed by atoms with Crippen molar-refractivity contribution in [3.8, 4) is 0 Å². The van der Waals surface area contributed by atoms with Gasteiger partial charge in [0.25, 0.3) is 0 Å². The zero-order valence-electron chi connectivity index (χ0n) is 30.2. The van der Waals surface area contributed by atoms with Crippen LogP contribution in [-0.2, 0) is 32.2 Å². The summed E-state index contributed by atoms with van der Waals surface area (Å²) in [5.74, 6) is 1.21. The molecule has 4 heterocycles. The van der Waals surface area contributed by atoms with Crippen LogP contribution in [-0.4, -0.2) is 108 Å². The summed E-state index contributed by atoms with van der Waals surface area (Å²) in [6, 6.07) is 19.3. The molecule has 4 saturated heterocycles. The molecule has 2 aromatic carbocycles. The van der Waals surface area contributed by atoms with Gasteiger partial charge in [-0.15, -0.1) is 0 Å². The van der Waals surface area contributed by atoms with Crippen LogP contribution < -0.4 is 0 Å². The lowest BCUT2D eigenvalue weighted by Gasteiger charge is -2.26. The van der Waals surface area contributed by atoms with Gasteiger partial charge in [-0.25, -0.2) is 19.2 Å². The Morgan fingerprint density at radius 2 is 0.740 bits per heavy atom. The predicted octanol–water partition coefficient (Wildman–Crippen LogP) is 6.24. The number of rotatable bonds is 4. The molecule has 0 spiro atoms. The lowest BCUT2D eigenvalue weighted by molar-refractivity contribution is 0.0262. The molecule has 272 valence electrons. The fourth-order valence-electron chi connectivity index (χ4n) is 6.86. The van der Waals surface area contributed by atoms with E-state index in [1.807, 2.05) is 102 Å². The Hall–Kier alpha value is -4.48. The Balaban J connectivity index is 0.000000194. The summed E-state index contributed by atoms with van der Waals surface area (Å²) in [6.07, 6.45) is -1.08. The van der Waals surface area contributed by atoms with Crippen molar-refractivity contribution in [2.24, 2.45) is 23.7 Å². The summed E-state index contributed by atoms with van der Waals surface area (Å²) in [6.45, 7) is 16.9. The third-order valence-electron chi connectivity index (χ3n) is 9.20. The van der Waals surface area contributed by atoms with E-state index < -0.39 is 11.2 Å². The van der Waals surface area contributed by atoms with Gasteiger partial charge in [-0.1, -0.05) is 60.7 Å². The van der Waals surface area contributed by atoms with Crippen molar-refractivity contribution >= 4 is 24.4 Å². The van der Waals surface area contributed by atoms with Crippen LogP contribution in [0.3, 0.4) is 0 Å². The van der Waals surface area contributed by atoms with E-state index in [9.17, 15) is 19.2 Å². The van der Waals surface area contributed by atoms with E-state index in [1.54, 1.807) is 19.6 Å². The smallest absolute Gasteiger partial charge is 0.410 e. The van der Waals surface area contributed by atoms with Gasteiger partial charge < -0.3 is 38.5 Å². The highest BCUT2D eigenvalue weighted by molar-refractivity contribution is 5.71. The van der Waals surface area contributed by atoms with Crippen LogP contribution in [0, 0.1) is 23.7 Å². The standard InChI is InChI=1S/2C19H26N2O4/c2*1-19(2,3)25-18(23)21-11-15-9-20(10-16(15)12-21)17(22)24-13-14-7-5-4-6-8-14/h2*4-8,15-16H,9-13H2,1-3H3/t2*15-,16+. The van der Waals surface area contributed by atoms with Gasteiger partial charge in [0, 0.05) is 76.0 Å². The molecule has 6 rings (SSSR count). The summed E-state index contributed by atoms with van der Waals surface area (Å²) in [5, 5.41) is 0. The van der Waals surface area contributed by atoms with Gasteiger partial charge in [0.15, 0.2) is 0 Å². The maximum Gasteiger partial charge on any atom is 0.410 e. The summed E-state index contributed by atoms with van der Waals surface area (Å²) in [4.78, 5) is 55.9. The zero-order chi connectivity index (χ0) is 36.1. The quantitative estimate of drug-likeness (QED) is 0.346. The van der Waals surface area contributed by atoms with Gasteiger partial charge in [0.1, 0.15) is 24.4 Å². The van der Waals surface area contributed by atoms with E-state index in [1.165, 1.54) is 0 Å². The average Bonchev–Trinajstić information content (AvgIpc) is 3.82. The first-order valence-corrected chi connectivity index (χ1v) is 17.5. The van der Waals surface area contributed by atoms with Crippen LogP contribution in [0.4, 0.5) is 19.2 Å². The van der Waals surface area contributed by atoms with Crippen LogP contribution in [0.1, 0.15) is 52.7 Å². The highest BCUT2D eigenvalue weighted by atomic mass is 16.6. The van der Waals surface area contributed by atoms with Crippen molar-refractivity contribution in [2.75, 3.05) is 52.4 Å². The Morgan fingerprint density at radius 3 is 1.00 bits per heavy atom. The van der Waals surface area contributed by atoms with Crippen LogP contribution in [0.5, 0.6) is 0 Å². The van der Waals surface area contributed by atoms with E-state index in [-0.39, 0.29) is 37.6 Å². The summed E-state index contributed by atoms with van der Waals surface area (Å²) in [7, 11) is 0. The van der Waals surface area contributed by atoms with Gasteiger partial charge in [-0.3, -0.25) is 0 Å². The highest BCUT2D eigenvalue weighted by Gasteiger charge is 2.45. The molecule has 0 bridgehead atoms. The van der Waals surface area contributed by atoms with Crippen molar-refractivity contribution in [2.45, 2.75) is 66.0 Å². The number of benzene rings is 2. The number of ether oxygens (including phenoxy) is 4. The molecule has 0 radical (unpaired) electrons. The highest BCUT2D eigenvalue weighted by Crippen LogP contribution is 2.33. The number of nitrogens with zero attached hydrogens (tertiary/aromatic N) is 4. The number of hydrogen-bond acceptors (Lipinski definition) is 8. The molecule has 12 nitrogen and oxygen atoms in total. The topological polar surface area (TPSA) is 118 Å². The van der Waals surface area contributed by atoms with Gasteiger partial charge in [0.2, 0.25) is 0 Å². The van der Waals surface area contributed by atoms with Gasteiger partial charge in [-0.05, 0) is 52.7 Å². The third-order valence-corrected chi connectivity index (χ3v) is 9.20. The number of fused-ring (bicyclic) bond motifs is 2. The molecule has 4 atom stereocenters. The Kier molecular flexibility index (Phi) is 11.5. The fraction of sp³-hybridized carbons (Fsp3) is 0.579. The predicted molar refractivity (Wildman–Crippen MR) is 186 cm³/mol. The zero-order valence-corrected chi connectivity index (χ0v) is 30.2. The number of likely N-dealkylation sites (tertiary alicyclic amines) is 4. The second-order valence-electron chi connectivity index (χ2n) is 15.7. The largest absolute Gasteiger partial charge is 0.445 e. The fourth-order valence-corrected chi connectivity index (χ4v) is 6.86. The first-order chi connectivity index (χ1) is 23.6. The minimum atomic E-state index is -0.484. The normalized spacial score (nSPS) is 22.7. The third kappa shape index (κ3) is 10.3. The molecule has 0 N–H and O–H groups in total. The first-order valence-electron chi connectivity index (χ1n) is 17.5. The Morgan fingerprint density at radius 1 is 0.480 bits per heavy atom. The van der Waals surface area contributed by atoms with Crippen molar-refractivity contribution in [3.63, 3.8) is 0 Å². The SMILES string of the molecule is CC(C)(C)OC(=O)N1C[C@H]2CN(C(=O)OCc3ccccc3)C[C@H]2C1.CC(C)(C)OC(=O)N1C[C@H]2CN(C(=O)OCc3ccccc3)C[C@H]2C1. The van der Waals surface area contributed by atoms with Crippen LogP contribution in [0.2, 0.25) is 0 Å². The van der Waals surface area contributed by atoms with Crippen molar-refractivity contribution < 1.29 is 38.1 Å². The lowest BCUT2D eigenvalue weighted by atomic mass is 10.0. The molecule has 12 heteroatoms. The van der Waals surface area contributed by atoms with E-state index in [2.05, 4.69) is 0 Å². The van der Waals surface area contributed by atoms with Gasteiger partial charge in [-0.2, -0.15) is 0 Å². The molecule has 4 fully saturated rings. The van der Waals surface area contributed by atoms with E-state index in [0.29, 0.717) is 76.0 Å². The summed E-state index contributed by atoms with van der Waals surface area (Å²) < 4.78 is 21.7. The van der Waals surface area contributed by atoms with Crippen LogP contribution in [0.15, 0.2) is 60.7 Å². The van der Waals surface area contributed by atoms with Gasteiger partial charge in [0.05, 0.1) is 0 Å². The maximum atomic E-state index is 12.3. The summed E-state index contributed by atoms with van der Waals surface area (Å²) >= 11 is 0. The second-order valence-corrected chi connectivity index (χ2v) is 15.7. The van der Waals surface area contributed by atoms with Crippen LogP contribution in [0.25, 0.3) is 0 Å². The molecule has 4 aliphatic heterocycles. The molecule has 4 aliphatic rings. The molecule has 4 amide bonds. The van der Waals surface area contributed by atoms with E-state index in [0.717, 1.165) is 11.1 Å². The molecule has 0 aromatic heterocycles. The molecular weight excluding hydrogens is 640 g/mol. The minimum Gasteiger partial charge on any atom is -0.445 e. The number of amides is 4. The molecule has 0 saturated carbocycles. The number of carbonyl (C=O) groups is 4. The lowest BCUT2D eigenvalue weighted by Crippen LogP contribution is -2.38.